The van der Waals surface area contributed by atoms with E-state index in [0.29, 0.717) is 37.0 Å². The second-order valence-corrected chi connectivity index (χ2v) is 9.56. The number of anilines is 2. The first-order chi connectivity index (χ1) is 16.9. The first-order valence-electron chi connectivity index (χ1n) is 11.9. The third-order valence-corrected chi connectivity index (χ3v) is 6.79. The van der Waals surface area contributed by atoms with Crippen LogP contribution in [-0.2, 0) is 4.74 Å². The van der Waals surface area contributed by atoms with Crippen molar-refractivity contribution in [3.05, 3.63) is 53.3 Å². The van der Waals surface area contributed by atoms with E-state index < -0.39 is 0 Å². The monoisotopic (exact) mass is 495 g/mol. The maximum absolute atomic E-state index is 13.0. The molecule has 2 aromatic heterocycles. The number of benzene rings is 1. The van der Waals surface area contributed by atoms with Crippen molar-refractivity contribution in [2.75, 3.05) is 38.6 Å². The summed E-state index contributed by atoms with van der Waals surface area (Å²) in [5.41, 5.74) is 4.83. The summed E-state index contributed by atoms with van der Waals surface area (Å²) in [5, 5.41) is 5.00. The summed E-state index contributed by atoms with van der Waals surface area (Å²) in [6.45, 7) is 6.58. The molecule has 0 saturated carbocycles. The molecule has 2 N–H and O–H groups in total. The summed E-state index contributed by atoms with van der Waals surface area (Å²) in [6, 6.07) is 9.74. The molecular weight excluding hydrogens is 466 g/mol. The van der Waals surface area contributed by atoms with Gasteiger partial charge in [0.2, 0.25) is 0 Å². The summed E-state index contributed by atoms with van der Waals surface area (Å²) in [6.07, 6.45) is 4.82. The van der Waals surface area contributed by atoms with E-state index in [0.717, 1.165) is 34.5 Å². The third-order valence-electron chi connectivity index (χ3n) is 6.48. The number of urea groups is 1. The van der Waals surface area contributed by atoms with Gasteiger partial charge in [-0.3, -0.25) is 0 Å². The van der Waals surface area contributed by atoms with Gasteiger partial charge in [-0.15, -0.1) is 0 Å². The van der Waals surface area contributed by atoms with Gasteiger partial charge in [0.05, 0.1) is 30.0 Å². The van der Waals surface area contributed by atoms with E-state index in [9.17, 15) is 4.79 Å². The lowest BCUT2D eigenvalue weighted by molar-refractivity contribution is -0.0579. The smallest absolute Gasteiger partial charge is 0.320 e. The Bertz CT molecular complexity index is 1260. The Morgan fingerprint density at radius 1 is 1.20 bits per heavy atom. The summed E-state index contributed by atoms with van der Waals surface area (Å²) in [5.74, 6) is 0.615. The second kappa shape index (κ2) is 9.79. The number of rotatable bonds is 4. The topological polar surface area (TPSA) is 82.7 Å². The number of nitrogens with zero attached hydrogens (tertiary/aromatic N) is 3. The Balaban J connectivity index is 1.32. The highest BCUT2D eigenvalue weighted by atomic mass is 35.5. The second-order valence-electron chi connectivity index (χ2n) is 9.15. The van der Waals surface area contributed by atoms with Gasteiger partial charge in [0.15, 0.2) is 0 Å². The van der Waals surface area contributed by atoms with Gasteiger partial charge >= 0.3 is 6.03 Å². The highest BCUT2D eigenvalue weighted by Crippen LogP contribution is 2.33. The van der Waals surface area contributed by atoms with Gasteiger partial charge in [0, 0.05) is 55.2 Å². The Morgan fingerprint density at radius 2 is 2.00 bits per heavy atom. The average Bonchev–Trinajstić information content (AvgIpc) is 3.30. The molecule has 2 amide bonds. The minimum absolute atomic E-state index is 0.0641. The summed E-state index contributed by atoms with van der Waals surface area (Å²) >= 11 is 6.16. The molecule has 2 aliphatic rings. The molecule has 1 aromatic carbocycles. The molecule has 1 saturated heterocycles. The van der Waals surface area contributed by atoms with E-state index in [1.807, 2.05) is 47.9 Å². The fourth-order valence-corrected chi connectivity index (χ4v) is 5.02. The predicted octanol–water partition coefficient (Wildman–Crippen LogP) is 5.29. The Hall–Kier alpha value is -3.23. The minimum atomic E-state index is 0.0641. The van der Waals surface area contributed by atoms with Gasteiger partial charge in [-0.05, 0) is 50.1 Å². The summed E-state index contributed by atoms with van der Waals surface area (Å²) < 4.78 is 11.1. The van der Waals surface area contributed by atoms with Crippen molar-refractivity contribution in [1.29, 1.82) is 0 Å². The average molecular weight is 496 g/mol. The van der Waals surface area contributed by atoms with Crippen LogP contribution in [0.4, 0.5) is 16.2 Å². The number of pyridine rings is 1. The van der Waals surface area contributed by atoms with Crippen LogP contribution in [0.25, 0.3) is 16.6 Å². The van der Waals surface area contributed by atoms with E-state index >= 15 is 0 Å². The first kappa shape index (κ1) is 23.5. The van der Waals surface area contributed by atoms with Crippen molar-refractivity contribution in [3.8, 4) is 5.75 Å². The molecule has 2 aliphatic heterocycles. The van der Waals surface area contributed by atoms with Crippen LogP contribution in [0.3, 0.4) is 0 Å². The van der Waals surface area contributed by atoms with Crippen molar-refractivity contribution < 1.29 is 14.3 Å². The fourth-order valence-electron chi connectivity index (χ4n) is 4.82. The molecule has 3 aromatic rings. The van der Waals surface area contributed by atoms with E-state index in [2.05, 4.69) is 27.4 Å². The molecule has 0 radical (unpaired) electrons. The number of aromatic nitrogens is 2. The third kappa shape index (κ3) is 4.94. The van der Waals surface area contributed by atoms with Crippen LogP contribution < -0.4 is 10.1 Å². The lowest BCUT2D eigenvalue weighted by Gasteiger charge is -2.39. The normalized spacial score (nSPS) is 20.6. The predicted molar refractivity (Wildman–Crippen MR) is 139 cm³/mol. The van der Waals surface area contributed by atoms with Gasteiger partial charge in [0.25, 0.3) is 0 Å². The van der Waals surface area contributed by atoms with Crippen LogP contribution in [0, 0.1) is 0 Å². The number of hydrogen-bond acceptors (Lipinski definition) is 5. The molecule has 9 heteroatoms. The van der Waals surface area contributed by atoms with Gasteiger partial charge in [-0.2, -0.15) is 0 Å². The van der Waals surface area contributed by atoms with Gasteiger partial charge in [-0.1, -0.05) is 17.7 Å². The number of methoxy groups -OCH3 is 1. The zero-order chi connectivity index (χ0) is 24.5. The summed E-state index contributed by atoms with van der Waals surface area (Å²) in [4.78, 5) is 24.8. The molecule has 0 unspecified atom stereocenters. The number of carbonyl (C=O) groups excluding carboxylic acids is 1. The van der Waals surface area contributed by atoms with Crippen LogP contribution in [-0.4, -0.2) is 71.3 Å². The van der Waals surface area contributed by atoms with Crippen LogP contribution in [0.1, 0.15) is 26.0 Å². The number of ether oxygens (including phenoxy) is 2. The number of H-pyrrole nitrogens is 1. The van der Waals surface area contributed by atoms with E-state index in [1.165, 1.54) is 5.57 Å². The maximum atomic E-state index is 13.0. The number of carbonyl (C=O) groups is 1. The molecule has 4 heterocycles. The molecule has 184 valence electrons. The van der Waals surface area contributed by atoms with Crippen molar-refractivity contribution in [3.63, 3.8) is 0 Å². The van der Waals surface area contributed by atoms with E-state index in [1.54, 1.807) is 13.3 Å². The highest BCUT2D eigenvalue weighted by Gasteiger charge is 2.30. The van der Waals surface area contributed by atoms with Crippen LogP contribution in [0.5, 0.6) is 5.75 Å². The molecular formula is C26H30ClN5O3. The van der Waals surface area contributed by atoms with Gasteiger partial charge in [0.1, 0.15) is 11.4 Å². The maximum Gasteiger partial charge on any atom is 0.320 e. The van der Waals surface area contributed by atoms with Crippen LogP contribution in [0.15, 0.2) is 42.6 Å². The SMILES string of the molecule is COc1cc(Nc2ccnc3[nH]c(C4=CCN(C(=O)N5C[C@@H](C)O[C@@H](C)C5)CC4)cc23)ccc1Cl. The number of aromatic amines is 1. The lowest BCUT2D eigenvalue weighted by Crippen LogP contribution is -2.53. The highest BCUT2D eigenvalue weighted by molar-refractivity contribution is 6.32. The molecule has 2 atom stereocenters. The van der Waals surface area contributed by atoms with Crippen molar-refractivity contribution in [2.24, 2.45) is 0 Å². The number of hydrogen-bond donors (Lipinski definition) is 2. The Labute approximate surface area is 209 Å². The quantitative estimate of drug-likeness (QED) is 0.514. The minimum Gasteiger partial charge on any atom is -0.495 e. The van der Waals surface area contributed by atoms with E-state index in [-0.39, 0.29) is 18.2 Å². The number of fused-ring (bicyclic) bond motifs is 1. The largest absolute Gasteiger partial charge is 0.495 e. The van der Waals surface area contributed by atoms with Gasteiger partial charge in [-0.25, -0.2) is 9.78 Å². The van der Waals surface area contributed by atoms with Crippen molar-refractivity contribution in [2.45, 2.75) is 32.5 Å². The number of amides is 2. The van der Waals surface area contributed by atoms with Crippen molar-refractivity contribution in [1.82, 2.24) is 19.8 Å². The zero-order valence-electron chi connectivity index (χ0n) is 20.2. The molecule has 1 fully saturated rings. The molecule has 0 aliphatic carbocycles. The molecule has 5 rings (SSSR count). The Kier molecular flexibility index (Phi) is 6.58. The van der Waals surface area contributed by atoms with Gasteiger partial charge < -0.3 is 29.6 Å². The number of morpholine rings is 1. The molecule has 0 spiro atoms. The fraction of sp³-hybridized carbons (Fsp3) is 0.385. The van der Waals surface area contributed by atoms with E-state index in [4.69, 9.17) is 21.1 Å². The zero-order valence-corrected chi connectivity index (χ0v) is 20.9. The standard InChI is InChI=1S/C26H30ClN5O3/c1-16-14-32(15-17(2)35-16)26(33)31-10-7-18(8-11-31)23-13-20-22(6-9-28-25(20)30-23)29-19-4-5-21(27)24(12-19)34-3/h4-7,9,12-13,16-17H,8,10-11,14-15H2,1-3H3,(H2,28,29,30)/t16-,17+. The molecule has 0 bridgehead atoms. The Morgan fingerprint density at radius 3 is 2.71 bits per heavy atom. The molecule has 35 heavy (non-hydrogen) atoms. The van der Waals surface area contributed by atoms with Crippen molar-refractivity contribution >= 4 is 45.6 Å². The summed E-state index contributed by atoms with van der Waals surface area (Å²) in [7, 11) is 1.60. The first-order valence-corrected chi connectivity index (χ1v) is 12.3. The number of nitrogens with one attached hydrogen (secondary N) is 2. The molecule has 8 nitrogen and oxygen atoms in total. The van der Waals surface area contributed by atoms with Crippen LogP contribution >= 0.6 is 11.6 Å². The van der Waals surface area contributed by atoms with Crippen LogP contribution in [0.2, 0.25) is 5.02 Å². The number of halogens is 1. The lowest BCUT2D eigenvalue weighted by atomic mass is 10.0.